The Morgan fingerprint density at radius 3 is 2.87 bits per heavy atom. The second-order valence-electron chi connectivity index (χ2n) is 4.27. The summed E-state index contributed by atoms with van der Waals surface area (Å²) in [4.78, 5) is 0. The van der Waals surface area contributed by atoms with Gasteiger partial charge in [0.15, 0.2) is 10.7 Å². The molecule has 0 aliphatic rings. The molecule has 0 fully saturated rings. The Morgan fingerprint density at radius 1 is 1.47 bits per heavy atom. The molecule has 0 saturated heterocycles. The first kappa shape index (κ1) is 10.5. The van der Waals surface area contributed by atoms with Crippen LogP contribution in [0.4, 0.5) is 0 Å². The summed E-state index contributed by atoms with van der Waals surface area (Å²) in [6.45, 7) is 4.77. The van der Waals surface area contributed by atoms with Gasteiger partial charge in [-0.2, -0.15) is 0 Å². The van der Waals surface area contributed by atoms with Crippen molar-refractivity contribution in [2.45, 2.75) is 19.3 Å². The minimum atomic E-state index is -0.0607. The molecule has 0 aliphatic heterocycles. The second kappa shape index (κ2) is 3.51. The summed E-state index contributed by atoms with van der Waals surface area (Å²) >= 11 is 5.90. The first-order chi connectivity index (χ1) is 7.04. The van der Waals surface area contributed by atoms with E-state index in [9.17, 15) is 0 Å². The summed E-state index contributed by atoms with van der Waals surface area (Å²) < 4.78 is 5.04. The zero-order chi connectivity index (χ0) is 11.1. The first-order valence-corrected chi connectivity index (χ1v) is 5.18. The molecule has 15 heavy (non-hydrogen) atoms. The Kier molecular flexibility index (Phi) is 2.44. The number of fused-ring (bicyclic) bond motifs is 1. The van der Waals surface area contributed by atoms with Crippen molar-refractivity contribution in [1.82, 2.24) is 5.16 Å². The van der Waals surface area contributed by atoms with Crippen LogP contribution in [-0.4, -0.2) is 11.7 Å². The van der Waals surface area contributed by atoms with Crippen LogP contribution in [0, 0.1) is 0 Å². The van der Waals surface area contributed by atoms with Gasteiger partial charge in [0.05, 0.1) is 5.39 Å². The summed E-state index contributed by atoms with van der Waals surface area (Å²) in [7, 11) is 0. The van der Waals surface area contributed by atoms with E-state index in [-0.39, 0.29) is 5.41 Å². The molecule has 4 heteroatoms. The third-order valence-corrected chi connectivity index (χ3v) is 2.99. The molecule has 2 aromatic rings. The standard InChI is InChI=1S/C11H13ClN2O/c1-11(2,6-13)7-3-4-9-8(5-7)10(12)14-15-9/h3-5H,6,13H2,1-2H3. The Hall–Kier alpha value is -1.06. The first-order valence-electron chi connectivity index (χ1n) is 4.80. The van der Waals surface area contributed by atoms with Crippen LogP contribution in [0.1, 0.15) is 19.4 Å². The van der Waals surface area contributed by atoms with E-state index in [2.05, 4.69) is 19.0 Å². The van der Waals surface area contributed by atoms with Gasteiger partial charge in [-0.15, -0.1) is 0 Å². The molecule has 1 aromatic carbocycles. The van der Waals surface area contributed by atoms with Gasteiger partial charge in [-0.1, -0.05) is 36.7 Å². The van der Waals surface area contributed by atoms with Crippen LogP contribution in [0.3, 0.4) is 0 Å². The average molecular weight is 225 g/mol. The van der Waals surface area contributed by atoms with E-state index in [0.29, 0.717) is 17.3 Å². The normalized spacial score (nSPS) is 12.3. The van der Waals surface area contributed by atoms with Gasteiger partial charge in [-0.05, 0) is 17.7 Å². The van der Waals surface area contributed by atoms with Crippen molar-refractivity contribution in [1.29, 1.82) is 0 Å². The average Bonchev–Trinajstić information content (AvgIpc) is 2.60. The van der Waals surface area contributed by atoms with Crippen molar-refractivity contribution >= 4 is 22.6 Å². The molecule has 80 valence electrons. The van der Waals surface area contributed by atoms with Gasteiger partial charge in [0.1, 0.15) is 0 Å². The molecular formula is C11H13ClN2O. The van der Waals surface area contributed by atoms with Gasteiger partial charge < -0.3 is 10.3 Å². The summed E-state index contributed by atoms with van der Waals surface area (Å²) in [6, 6.07) is 5.86. The van der Waals surface area contributed by atoms with Crippen LogP contribution < -0.4 is 5.73 Å². The Labute approximate surface area is 93.2 Å². The number of benzene rings is 1. The van der Waals surface area contributed by atoms with Crippen molar-refractivity contribution in [2.24, 2.45) is 5.73 Å². The van der Waals surface area contributed by atoms with E-state index < -0.39 is 0 Å². The zero-order valence-electron chi connectivity index (χ0n) is 8.75. The summed E-state index contributed by atoms with van der Waals surface area (Å²) in [5.74, 6) is 0. The molecule has 0 atom stereocenters. The Balaban J connectivity index is 2.59. The lowest BCUT2D eigenvalue weighted by atomic mass is 9.84. The quantitative estimate of drug-likeness (QED) is 0.854. The molecule has 0 radical (unpaired) electrons. The second-order valence-corrected chi connectivity index (χ2v) is 4.63. The highest BCUT2D eigenvalue weighted by Gasteiger charge is 2.19. The minimum Gasteiger partial charge on any atom is -0.355 e. The summed E-state index contributed by atoms with van der Waals surface area (Å²) in [5, 5.41) is 4.95. The smallest absolute Gasteiger partial charge is 0.180 e. The summed E-state index contributed by atoms with van der Waals surface area (Å²) in [5.41, 5.74) is 7.51. The predicted octanol–water partition coefficient (Wildman–Crippen LogP) is 2.72. The molecule has 2 rings (SSSR count). The third-order valence-electron chi connectivity index (χ3n) is 2.72. The minimum absolute atomic E-state index is 0.0607. The van der Waals surface area contributed by atoms with Crippen LogP contribution in [-0.2, 0) is 5.41 Å². The third kappa shape index (κ3) is 1.73. The largest absolute Gasteiger partial charge is 0.355 e. The van der Waals surface area contributed by atoms with E-state index >= 15 is 0 Å². The fourth-order valence-corrected chi connectivity index (χ4v) is 1.63. The van der Waals surface area contributed by atoms with Gasteiger partial charge in [0.25, 0.3) is 0 Å². The SMILES string of the molecule is CC(C)(CN)c1ccc2onc(Cl)c2c1. The van der Waals surface area contributed by atoms with Crippen molar-refractivity contribution in [3.63, 3.8) is 0 Å². The number of aromatic nitrogens is 1. The molecule has 0 amide bonds. The number of hydrogen-bond acceptors (Lipinski definition) is 3. The van der Waals surface area contributed by atoms with Crippen molar-refractivity contribution in [3.8, 4) is 0 Å². The fraction of sp³-hybridized carbons (Fsp3) is 0.364. The lowest BCUT2D eigenvalue weighted by molar-refractivity contribution is 0.456. The van der Waals surface area contributed by atoms with Crippen LogP contribution in [0.5, 0.6) is 0 Å². The Morgan fingerprint density at radius 2 is 2.20 bits per heavy atom. The predicted molar refractivity (Wildman–Crippen MR) is 61.1 cm³/mol. The van der Waals surface area contributed by atoms with Crippen molar-refractivity contribution < 1.29 is 4.52 Å². The van der Waals surface area contributed by atoms with E-state index in [0.717, 1.165) is 10.9 Å². The number of hydrogen-bond donors (Lipinski definition) is 1. The maximum Gasteiger partial charge on any atom is 0.180 e. The number of nitrogens with zero attached hydrogens (tertiary/aromatic N) is 1. The highest BCUT2D eigenvalue weighted by Crippen LogP contribution is 2.29. The van der Waals surface area contributed by atoms with Crippen molar-refractivity contribution in [2.75, 3.05) is 6.54 Å². The van der Waals surface area contributed by atoms with E-state index in [1.165, 1.54) is 0 Å². The van der Waals surface area contributed by atoms with E-state index in [1.54, 1.807) is 0 Å². The number of nitrogens with two attached hydrogens (primary N) is 1. The van der Waals surface area contributed by atoms with Crippen LogP contribution >= 0.6 is 11.6 Å². The molecule has 0 saturated carbocycles. The van der Waals surface area contributed by atoms with Crippen LogP contribution in [0.25, 0.3) is 11.0 Å². The van der Waals surface area contributed by atoms with E-state index in [1.807, 2.05) is 18.2 Å². The topological polar surface area (TPSA) is 52.0 Å². The summed E-state index contributed by atoms with van der Waals surface area (Å²) in [6.07, 6.45) is 0. The zero-order valence-corrected chi connectivity index (χ0v) is 9.51. The van der Waals surface area contributed by atoms with E-state index in [4.69, 9.17) is 21.9 Å². The number of rotatable bonds is 2. The van der Waals surface area contributed by atoms with Crippen molar-refractivity contribution in [3.05, 3.63) is 28.9 Å². The lowest BCUT2D eigenvalue weighted by Gasteiger charge is -2.22. The molecule has 1 aromatic heterocycles. The monoisotopic (exact) mass is 224 g/mol. The maximum absolute atomic E-state index is 5.90. The van der Waals surface area contributed by atoms with Gasteiger partial charge in [-0.3, -0.25) is 0 Å². The van der Waals surface area contributed by atoms with Gasteiger partial charge >= 0.3 is 0 Å². The van der Waals surface area contributed by atoms with Crippen LogP contribution in [0.15, 0.2) is 22.7 Å². The highest BCUT2D eigenvalue weighted by atomic mass is 35.5. The molecule has 0 bridgehead atoms. The van der Waals surface area contributed by atoms with Gasteiger partial charge in [0, 0.05) is 12.0 Å². The molecule has 0 aliphatic carbocycles. The molecule has 0 unspecified atom stereocenters. The van der Waals surface area contributed by atoms with Crippen LogP contribution in [0.2, 0.25) is 5.15 Å². The van der Waals surface area contributed by atoms with Gasteiger partial charge in [0.2, 0.25) is 0 Å². The fourth-order valence-electron chi connectivity index (χ4n) is 1.45. The molecule has 0 spiro atoms. The molecule has 2 N–H and O–H groups in total. The molecule has 3 nitrogen and oxygen atoms in total. The van der Waals surface area contributed by atoms with Gasteiger partial charge in [-0.25, -0.2) is 0 Å². The maximum atomic E-state index is 5.90. The lowest BCUT2D eigenvalue weighted by Crippen LogP contribution is -2.27. The highest BCUT2D eigenvalue weighted by molar-refractivity contribution is 6.34. The molecule has 1 heterocycles. The number of halogens is 1. The Bertz CT molecular complexity index is 490. The molecular weight excluding hydrogens is 212 g/mol.